The van der Waals surface area contributed by atoms with Gasteiger partial charge in [0.2, 0.25) is 5.88 Å². The van der Waals surface area contributed by atoms with Crippen LogP contribution in [0.4, 0.5) is 11.5 Å². The number of nitrogens with zero attached hydrogens (tertiary/aromatic N) is 2. The number of halogens is 1. The highest BCUT2D eigenvalue weighted by Crippen LogP contribution is 2.23. The van der Waals surface area contributed by atoms with Crippen molar-refractivity contribution in [1.82, 2.24) is 9.97 Å². The molecule has 0 aliphatic carbocycles. The maximum absolute atomic E-state index is 10.9. The summed E-state index contributed by atoms with van der Waals surface area (Å²) < 4.78 is 5.39. The Balaban J connectivity index is 2.14. The van der Waals surface area contributed by atoms with Gasteiger partial charge in [-0.25, -0.2) is 4.79 Å². The van der Waals surface area contributed by atoms with Gasteiger partial charge in [0, 0.05) is 5.69 Å². The summed E-state index contributed by atoms with van der Waals surface area (Å²) in [7, 11) is 0. The first-order chi connectivity index (χ1) is 10.1. The second kappa shape index (κ2) is 6.90. The fourth-order valence-corrected chi connectivity index (χ4v) is 1.86. The minimum atomic E-state index is -1.07. The van der Waals surface area contributed by atoms with E-state index in [2.05, 4.69) is 15.3 Å². The van der Waals surface area contributed by atoms with Crippen LogP contribution in [0.25, 0.3) is 0 Å². The number of aromatic carboxylic acids is 1. The summed E-state index contributed by atoms with van der Waals surface area (Å²) in [5.74, 6) is -0.154. The van der Waals surface area contributed by atoms with E-state index in [4.69, 9.17) is 21.4 Å². The van der Waals surface area contributed by atoms with Crippen LogP contribution >= 0.6 is 11.6 Å². The van der Waals surface area contributed by atoms with Crippen LogP contribution in [-0.4, -0.2) is 27.7 Å². The Labute approximate surface area is 126 Å². The highest BCUT2D eigenvalue weighted by Gasteiger charge is 2.09. The first kappa shape index (κ1) is 15.1. The Bertz CT molecular complexity index is 649. The van der Waals surface area contributed by atoms with Crippen molar-refractivity contribution in [3.8, 4) is 5.88 Å². The molecule has 1 heterocycles. The van der Waals surface area contributed by atoms with Gasteiger partial charge >= 0.3 is 5.97 Å². The number of aromatic nitrogens is 2. The number of hydrogen-bond donors (Lipinski definition) is 2. The van der Waals surface area contributed by atoms with Gasteiger partial charge in [-0.05, 0) is 24.6 Å². The lowest BCUT2D eigenvalue weighted by Gasteiger charge is -2.08. The fraction of sp³-hybridized carbons (Fsp3) is 0.214. The van der Waals surface area contributed by atoms with Crippen molar-refractivity contribution in [1.29, 1.82) is 0 Å². The van der Waals surface area contributed by atoms with E-state index in [-0.39, 0.29) is 10.6 Å². The summed E-state index contributed by atoms with van der Waals surface area (Å²) in [6.07, 6.45) is 3.95. The van der Waals surface area contributed by atoms with Crippen molar-refractivity contribution in [2.75, 3.05) is 11.9 Å². The van der Waals surface area contributed by atoms with Gasteiger partial charge in [0.25, 0.3) is 0 Å². The van der Waals surface area contributed by atoms with E-state index in [1.165, 1.54) is 24.5 Å². The Hall–Kier alpha value is -2.34. The van der Waals surface area contributed by atoms with Crippen molar-refractivity contribution < 1.29 is 14.6 Å². The number of anilines is 2. The van der Waals surface area contributed by atoms with Gasteiger partial charge in [0.05, 0.1) is 29.6 Å². The zero-order chi connectivity index (χ0) is 15.2. The molecule has 6 nitrogen and oxygen atoms in total. The number of benzene rings is 1. The minimum absolute atomic E-state index is 0.0494. The number of carboxylic acids is 1. The number of nitrogens with one attached hydrogen (secondary N) is 1. The van der Waals surface area contributed by atoms with Crippen molar-refractivity contribution in [3.63, 3.8) is 0 Å². The number of ether oxygens (including phenoxy) is 1. The molecule has 110 valence electrons. The molecule has 0 aliphatic heterocycles. The standard InChI is InChI=1S/C14H14ClN3O3/c1-2-5-21-13-8-16-7-12(18-13)17-9-3-4-10(14(19)20)11(15)6-9/h3-4,6-8H,2,5H2,1H3,(H,17,18)(H,19,20). The molecule has 0 bridgehead atoms. The van der Waals surface area contributed by atoms with E-state index in [0.29, 0.717) is 24.0 Å². The molecule has 1 aromatic carbocycles. The molecule has 0 atom stereocenters. The molecular formula is C14H14ClN3O3. The second-order valence-electron chi connectivity index (χ2n) is 4.22. The summed E-state index contributed by atoms with van der Waals surface area (Å²) in [6, 6.07) is 4.56. The predicted octanol–water partition coefficient (Wildman–Crippen LogP) is 3.36. The monoisotopic (exact) mass is 307 g/mol. The van der Waals surface area contributed by atoms with E-state index >= 15 is 0 Å². The number of hydrogen-bond acceptors (Lipinski definition) is 5. The van der Waals surface area contributed by atoms with Gasteiger partial charge in [-0.15, -0.1) is 0 Å². The lowest BCUT2D eigenvalue weighted by Crippen LogP contribution is -2.02. The van der Waals surface area contributed by atoms with E-state index in [1.54, 1.807) is 6.07 Å². The molecule has 0 saturated heterocycles. The maximum Gasteiger partial charge on any atom is 0.337 e. The molecule has 0 radical (unpaired) electrons. The van der Waals surface area contributed by atoms with Gasteiger partial charge in [-0.3, -0.25) is 4.98 Å². The molecular weight excluding hydrogens is 294 g/mol. The molecule has 0 spiro atoms. The molecule has 1 aromatic heterocycles. The van der Waals surface area contributed by atoms with Crippen molar-refractivity contribution in [3.05, 3.63) is 41.2 Å². The average molecular weight is 308 g/mol. The largest absolute Gasteiger partial charge is 0.478 e. The minimum Gasteiger partial charge on any atom is -0.478 e. The lowest BCUT2D eigenvalue weighted by molar-refractivity contribution is 0.0697. The van der Waals surface area contributed by atoms with E-state index in [0.717, 1.165) is 6.42 Å². The first-order valence-electron chi connectivity index (χ1n) is 6.35. The van der Waals surface area contributed by atoms with Crippen LogP contribution in [0.1, 0.15) is 23.7 Å². The molecule has 7 heteroatoms. The topological polar surface area (TPSA) is 84.3 Å². The summed E-state index contributed by atoms with van der Waals surface area (Å²) in [4.78, 5) is 19.2. The number of rotatable bonds is 6. The first-order valence-corrected chi connectivity index (χ1v) is 6.72. The van der Waals surface area contributed by atoms with Gasteiger partial charge in [0.1, 0.15) is 0 Å². The summed E-state index contributed by atoms with van der Waals surface area (Å²) in [6.45, 7) is 2.57. The van der Waals surface area contributed by atoms with Crippen LogP contribution in [0.2, 0.25) is 5.02 Å². The van der Waals surface area contributed by atoms with Crippen LogP contribution in [-0.2, 0) is 0 Å². The Morgan fingerprint density at radius 2 is 2.24 bits per heavy atom. The van der Waals surface area contributed by atoms with Crippen LogP contribution in [0, 0.1) is 0 Å². The molecule has 2 rings (SSSR count). The zero-order valence-corrected chi connectivity index (χ0v) is 12.1. The fourth-order valence-electron chi connectivity index (χ4n) is 1.60. The van der Waals surface area contributed by atoms with Crippen LogP contribution < -0.4 is 10.1 Å². The highest BCUT2D eigenvalue weighted by molar-refractivity contribution is 6.33. The second-order valence-corrected chi connectivity index (χ2v) is 4.62. The van der Waals surface area contributed by atoms with Crippen molar-refractivity contribution >= 4 is 29.1 Å². The van der Waals surface area contributed by atoms with Crippen molar-refractivity contribution in [2.24, 2.45) is 0 Å². The Kier molecular flexibility index (Phi) is 4.94. The van der Waals surface area contributed by atoms with Crippen molar-refractivity contribution in [2.45, 2.75) is 13.3 Å². The van der Waals surface area contributed by atoms with E-state index in [9.17, 15) is 4.79 Å². The molecule has 0 aliphatic rings. The summed E-state index contributed by atoms with van der Waals surface area (Å²) >= 11 is 5.91. The smallest absolute Gasteiger partial charge is 0.337 e. The molecule has 2 N–H and O–H groups in total. The van der Waals surface area contributed by atoms with Gasteiger partial charge in [0.15, 0.2) is 5.82 Å². The average Bonchev–Trinajstić information content (AvgIpc) is 2.45. The van der Waals surface area contributed by atoms with Gasteiger partial charge < -0.3 is 15.2 Å². The highest BCUT2D eigenvalue weighted by atomic mass is 35.5. The zero-order valence-electron chi connectivity index (χ0n) is 11.3. The van der Waals surface area contributed by atoms with Gasteiger partial charge in [-0.2, -0.15) is 4.98 Å². The molecule has 21 heavy (non-hydrogen) atoms. The van der Waals surface area contributed by atoms with Crippen LogP contribution in [0.5, 0.6) is 5.88 Å². The normalized spacial score (nSPS) is 10.2. The summed E-state index contributed by atoms with van der Waals surface area (Å²) in [5.41, 5.74) is 0.667. The molecule has 2 aromatic rings. The number of carbonyl (C=O) groups is 1. The third kappa shape index (κ3) is 4.06. The maximum atomic E-state index is 10.9. The molecule has 0 unspecified atom stereocenters. The van der Waals surface area contributed by atoms with Crippen LogP contribution in [0.15, 0.2) is 30.6 Å². The Morgan fingerprint density at radius 3 is 2.90 bits per heavy atom. The summed E-state index contributed by atoms with van der Waals surface area (Å²) in [5, 5.41) is 12.1. The molecule has 0 saturated carbocycles. The molecule has 0 fully saturated rings. The van der Waals surface area contributed by atoms with E-state index in [1.807, 2.05) is 6.92 Å². The quantitative estimate of drug-likeness (QED) is 0.851. The third-order valence-electron chi connectivity index (χ3n) is 2.54. The van der Waals surface area contributed by atoms with E-state index < -0.39 is 5.97 Å². The predicted molar refractivity (Wildman–Crippen MR) is 79.5 cm³/mol. The lowest BCUT2D eigenvalue weighted by atomic mass is 10.2. The number of carboxylic acid groups (broad SMARTS) is 1. The van der Waals surface area contributed by atoms with Gasteiger partial charge in [-0.1, -0.05) is 18.5 Å². The SMILES string of the molecule is CCCOc1cncc(Nc2ccc(C(=O)O)c(Cl)c2)n1. The third-order valence-corrected chi connectivity index (χ3v) is 2.85. The Morgan fingerprint density at radius 1 is 1.43 bits per heavy atom. The molecule has 0 amide bonds. The van der Waals surface area contributed by atoms with Crippen LogP contribution in [0.3, 0.4) is 0 Å².